The summed E-state index contributed by atoms with van der Waals surface area (Å²) >= 11 is 0. The molecular weight excluding hydrogens is 216 g/mol. The molecule has 0 aliphatic rings. The van der Waals surface area contributed by atoms with Crippen LogP contribution in [-0.4, -0.2) is 26.9 Å². The van der Waals surface area contributed by atoms with E-state index in [1.165, 1.54) is 0 Å². The summed E-state index contributed by atoms with van der Waals surface area (Å²) in [6, 6.07) is 5.68. The van der Waals surface area contributed by atoms with Gasteiger partial charge in [0.25, 0.3) is 0 Å². The van der Waals surface area contributed by atoms with Gasteiger partial charge in [0, 0.05) is 13.2 Å². The van der Waals surface area contributed by atoms with Crippen molar-refractivity contribution in [3.05, 3.63) is 18.2 Å². The van der Waals surface area contributed by atoms with Gasteiger partial charge in [0.2, 0.25) is 0 Å². The number of ether oxygens (including phenoxy) is 2. The van der Waals surface area contributed by atoms with E-state index in [0.717, 1.165) is 18.8 Å². The summed E-state index contributed by atoms with van der Waals surface area (Å²) in [5, 5.41) is 3.23. The van der Waals surface area contributed by atoms with Crippen molar-refractivity contribution < 1.29 is 9.47 Å². The maximum absolute atomic E-state index is 5.93. The van der Waals surface area contributed by atoms with Crippen LogP contribution in [0.5, 0.6) is 5.75 Å². The van der Waals surface area contributed by atoms with Crippen LogP contribution in [0.25, 0.3) is 0 Å². The Bertz CT molecular complexity index is 340. The number of benzene rings is 1. The van der Waals surface area contributed by atoms with Crippen LogP contribution in [0.15, 0.2) is 18.2 Å². The van der Waals surface area contributed by atoms with Gasteiger partial charge in [0.15, 0.2) is 0 Å². The van der Waals surface area contributed by atoms with Crippen LogP contribution in [0.4, 0.5) is 11.4 Å². The molecule has 1 aromatic rings. The average molecular weight is 238 g/mol. The molecule has 0 amide bonds. The highest BCUT2D eigenvalue weighted by atomic mass is 16.5. The summed E-state index contributed by atoms with van der Waals surface area (Å²) in [7, 11) is 1.61. The molecule has 0 bridgehead atoms. The van der Waals surface area contributed by atoms with Gasteiger partial charge in [-0.1, -0.05) is 19.9 Å². The molecule has 0 spiro atoms. The molecule has 17 heavy (non-hydrogen) atoms. The Kier molecular flexibility index (Phi) is 5.63. The highest BCUT2D eigenvalue weighted by Gasteiger charge is 2.03. The van der Waals surface area contributed by atoms with Crippen molar-refractivity contribution in [1.82, 2.24) is 0 Å². The van der Waals surface area contributed by atoms with Gasteiger partial charge in [-0.3, -0.25) is 0 Å². The third-order valence-electron chi connectivity index (χ3n) is 2.30. The summed E-state index contributed by atoms with van der Waals surface area (Å²) in [5.74, 6) is 1.26. The minimum Gasteiger partial charge on any atom is -0.495 e. The molecule has 0 aliphatic carbocycles. The van der Waals surface area contributed by atoms with Crippen molar-refractivity contribution in [3.63, 3.8) is 0 Å². The van der Waals surface area contributed by atoms with E-state index < -0.39 is 0 Å². The van der Waals surface area contributed by atoms with E-state index in [4.69, 9.17) is 15.2 Å². The summed E-state index contributed by atoms with van der Waals surface area (Å²) in [5.41, 5.74) is 7.45. The summed E-state index contributed by atoms with van der Waals surface area (Å²) < 4.78 is 10.6. The Morgan fingerprint density at radius 2 is 2.12 bits per heavy atom. The van der Waals surface area contributed by atoms with Gasteiger partial charge in [-0.25, -0.2) is 0 Å². The number of hydrogen-bond donors (Lipinski definition) is 2. The Hall–Kier alpha value is -1.42. The molecule has 0 aliphatic heterocycles. The van der Waals surface area contributed by atoms with Crippen molar-refractivity contribution in [2.24, 2.45) is 5.92 Å². The number of nitrogens with one attached hydrogen (secondary N) is 1. The molecule has 3 N–H and O–H groups in total. The van der Waals surface area contributed by atoms with Crippen molar-refractivity contribution >= 4 is 11.4 Å². The van der Waals surface area contributed by atoms with Gasteiger partial charge in [0.05, 0.1) is 25.1 Å². The van der Waals surface area contributed by atoms with Crippen LogP contribution < -0.4 is 15.8 Å². The van der Waals surface area contributed by atoms with E-state index in [1.807, 2.05) is 18.2 Å². The highest BCUT2D eigenvalue weighted by molar-refractivity contribution is 5.72. The van der Waals surface area contributed by atoms with Gasteiger partial charge < -0.3 is 20.5 Å². The summed E-state index contributed by atoms with van der Waals surface area (Å²) in [4.78, 5) is 0. The predicted molar refractivity (Wildman–Crippen MR) is 71.6 cm³/mol. The molecule has 0 heterocycles. The minimum atomic E-state index is 0.567. The first-order valence-corrected chi connectivity index (χ1v) is 5.89. The number of anilines is 2. The molecule has 0 saturated heterocycles. The molecule has 1 rings (SSSR count). The first kappa shape index (κ1) is 13.6. The minimum absolute atomic E-state index is 0.567. The molecular formula is C13H22N2O2. The van der Waals surface area contributed by atoms with Crippen LogP contribution in [0.3, 0.4) is 0 Å². The molecule has 96 valence electrons. The smallest absolute Gasteiger partial charge is 0.143 e. The van der Waals surface area contributed by atoms with Crippen molar-refractivity contribution in [3.8, 4) is 5.75 Å². The number of rotatable bonds is 7. The lowest BCUT2D eigenvalue weighted by Crippen LogP contribution is -2.13. The van der Waals surface area contributed by atoms with Crippen molar-refractivity contribution in [1.29, 1.82) is 0 Å². The Balaban J connectivity index is 2.36. The number of para-hydroxylation sites is 1. The third kappa shape index (κ3) is 4.53. The quantitative estimate of drug-likeness (QED) is 0.565. The van der Waals surface area contributed by atoms with E-state index in [-0.39, 0.29) is 0 Å². The van der Waals surface area contributed by atoms with Crippen LogP contribution >= 0.6 is 0 Å². The maximum Gasteiger partial charge on any atom is 0.143 e. The lowest BCUT2D eigenvalue weighted by atomic mass is 10.2. The first-order chi connectivity index (χ1) is 8.15. The first-order valence-electron chi connectivity index (χ1n) is 5.89. The number of nitrogens with two attached hydrogens (primary N) is 1. The summed E-state index contributed by atoms with van der Waals surface area (Å²) in [6.07, 6.45) is 0. The standard InChI is InChI=1S/C13H22N2O2/c1-10(2)9-17-8-7-15-11-5-4-6-12(16-3)13(11)14/h4-6,10,15H,7-9,14H2,1-3H3. The predicted octanol–water partition coefficient (Wildman–Crippen LogP) is 2.36. The SMILES string of the molecule is COc1cccc(NCCOCC(C)C)c1N. The highest BCUT2D eigenvalue weighted by Crippen LogP contribution is 2.28. The topological polar surface area (TPSA) is 56.5 Å². The zero-order chi connectivity index (χ0) is 12.7. The second kappa shape index (κ2) is 7.01. The lowest BCUT2D eigenvalue weighted by Gasteiger charge is -2.12. The Morgan fingerprint density at radius 1 is 1.35 bits per heavy atom. The van der Waals surface area contributed by atoms with Gasteiger partial charge >= 0.3 is 0 Å². The van der Waals surface area contributed by atoms with Crippen molar-refractivity contribution in [2.75, 3.05) is 37.9 Å². The second-order valence-electron chi connectivity index (χ2n) is 4.32. The van der Waals surface area contributed by atoms with Gasteiger partial charge in [0.1, 0.15) is 5.75 Å². The molecule has 0 saturated carbocycles. The maximum atomic E-state index is 5.93. The van der Waals surface area contributed by atoms with E-state index in [2.05, 4.69) is 19.2 Å². The zero-order valence-electron chi connectivity index (χ0n) is 10.8. The average Bonchev–Trinajstić information content (AvgIpc) is 2.30. The van der Waals surface area contributed by atoms with Gasteiger partial charge in [-0.2, -0.15) is 0 Å². The summed E-state index contributed by atoms with van der Waals surface area (Å²) in [6.45, 7) is 6.47. The molecule has 0 atom stereocenters. The fourth-order valence-corrected chi connectivity index (χ4v) is 1.45. The number of methoxy groups -OCH3 is 1. The van der Waals surface area contributed by atoms with Crippen LogP contribution in [-0.2, 0) is 4.74 Å². The molecule has 0 fully saturated rings. The molecule has 0 unspecified atom stereocenters. The zero-order valence-corrected chi connectivity index (χ0v) is 10.8. The van der Waals surface area contributed by atoms with E-state index in [0.29, 0.717) is 24.0 Å². The second-order valence-corrected chi connectivity index (χ2v) is 4.32. The fraction of sp³-hybridized carbons (Fsp3) is 0.538. The van der Waals surface area contributed by atoms with Gasteiger partial charge in [-0.05, 0) is 18.1 Å². The monoisotopic (exact) mass is 238 g/mol. The molecule has 1 aromatic carbocycles. The number of hydrogen-bond acceptors (Lipinski definition) is 4. The van der Waals surface area contributed by atoms with E-state index in [9.17, 15) is 0 Å². The van der Waals surface area contributed by atoms with Crippen molar-refractivity contribution in [2.45, 2.75) is 13.8 Å². The lowest BCUT2D eigenvalue weighted by molar-refractivity contribution is 0.118. The molecule has 0 aromatic heterocycles. The Morgan fingerprint density at radius 3 is 2.76 bits per heavy atom. The van der Waals surface area contributed by atoms with E-state index >= 15 is 0 Å². The van der Waals surface area contributed by atoms with Gasteiger partial charge in [-0.15, -0.1) is 0 Å². The van der Waals surface area contributed by atoms with Crippen LogP contribution in [0.1, 0.15) is 13.8 Å². The molecule has 0 radical (unpaired) electrons. The third-order valence-corrected chi connectivity index (χ3v) is 2.30. The fourth-order valence-electron chi connectivity index (χ4n) is 1.45. The van der Waals surface area contributed by atoms with Crippen LogP contribution in [0, 0.1) is 5.92 Å². The normalized spacial score (nSPS) is 10.6. The molecule has 4 heteroatoms. The van der Waals surface area contributed by atoms with Crippen LogP contribution in [0.2, 0.25) is 0 Å². The Labute approximate surface area is 103 Å². The van der Waals surface area contributed by atoms with E-state index in [1.54, 1.807) is 7.11 Å². The molecule has 4 nitrogen and oxygen atoms in total. The largest absolute Gasteiger partial charge is 0.495 e. The number of nitrogen functional groups attached to an aromatic ring is 1.